The Balaban J connectivity index is 1.68. The molecule has 0 aromatic carbocycles. The lowest BCUT2D eigenvalue weighted by molar-refractivity contribution is 0.274. The quantitative estimate of drug-likeness (QED) is 0.741. The molecule has 0 unspecified atom stereocenters. The number of nitrogens with zero attached hydrogens (tertiary/aromatic N) is 4. The zero-order valence-electron chi connectivity index (χ0n) is 12.6. The molecule has 0 radical (unpaired) electrons. The molecule has 3 aromatic rings. The number of nitrogens with one attached hydrogen (secondary N) is 1. The highest BCUT2D eigenvalue weighted by Crippen LogP contribution is 2.21. The van der Waals surface area contributed by atoms with Gasteiger partial charge in [0.05, 0.1) is 18.8 Å². The minimum atomic E-state index is -0.0832. The molecule has 3 heterocycles. The number of hydrogen-bond acceptors (Lipinski definition) is 8. The van der Waals surface area contributed by atoms with Crippen LogP contribution in [0.15, 0.2) is 31.9 Å². The normalized spacial score (nSPS) is 12.9. The van der Waals surface area contributed by atoms with Crippen LogP contribution in [0, 0.1) is 12.8 Å². The average molecular weight is 303 g/mol. The number of aryl methyl sites for hydroxylation is 1. The summed E-state index contributed by atoms with van der Waals surface area (Å²) in [5, 5.41) is 11.0. The standard InChI is InChI=1S/C14H17N5O3/c1-8(2)12(14-16-9(3)18-22-14)15-7-11-17-13(19-21-11)10-5-4-6-20-10/h4-6,8,12,15H,7H2,1-3H3/t12-/m0/s1. The van der Waals surface area contributed by atoms with E-state index in [1.165, 1.54) is 0 Å². The molecule has 8 nitrogen and oxygen atoms in total. The topological polar surface area (TPSA) is 103 Å². The molecule has 0 aliphatic heterocycles. The SMILES string of the molecule is Cc1noc([C@@H](NCc2nc(-c3ccco3)no2)C(C)C)n1. The first kappa shape index (κ1) is 14.5. The van der Waals surface area contributed by atoms with Gasteiger partial charge >= 0.3 is 0 Å². The molecule has 22 heavy (non-hydrogen) atoms. The van der Waals surface area contributed by atoms with Gasteiger partial charge < -0.3 is 13.5 Å². The van der Waals surface area contributed by atoms with E-state index >= 15 is 0 Å². The molecule has 0 amide bonds. The van der Waals surface area contributed by atoms with Crippen molar-refractivity contribution in [3.8, 4) is 11.6 Å². The molecule has 1 N–H and O–H groups in total. The summed E-state index contributed by atoms with van der Waals surface area (Å²) >= 11 is 0. The lowest BCUT2D eigenvalue weighted by atomic mass is 10.0. The van der Waals surface area contributed by atoms with Gasteiger partial charge in [-0.05, 0) is 25.0 Å². The van der Waals surface area contributed by atoms with Crippen LogP contribution in [0.25, 0.3) is 11.6 Å². The minimum Gasteiger partial charge on any atom is -0.461 e. The second kappa shape index (κ2) is 6.10. The van der Waals surface area contributed by atoms with Crippen molar-refractivity contribution in [1.82, 2.24) is 25.6 Å². The van der Waals surface area contributed by atoms with Crippen molar-refractivity contribution in [2.75, 3.05) is 0 Å². The summed E-state index contributed by atoms with van der Waals surface area (Å²) < 4.78 is 15.7. The third-order valence-corrected chi connectivity index (χ3v) is 3.16. The summed E-state index contributed by atoms with van der Waals surface area (Å²) in [6, 6.07) is 3.47. The van der Waals surface area contributed by atoms with Gasteiger partial charge in [0.1, 0.15) is 0 Å². The van der Waals surface area contributed by atoms with Crippen LogP contribution in [0.2, 0.25) is 0 Å². The summed E-state index contributed by atoms with van der Waals surface area (Å²) in [6.45, 7) is 6.33. The first-order valence-electron chi connectivity index (χ1n) is 7.03. The Kier molecular flexibility index (Phi) is 4.01. The molecule has 0 saturated carbocycles. The van der Waals surface area contributed by atoms with Crippen molar-refractivity contribution < 1.29 is 13.5 Å². The third kappa shape index (κ3) is 3.06. The van der Waals surface area contributed by atoms with Crippen molar-refractivity contribution in [2.45, 2.75) is 33.4 Å². The zero-order chi connectivity index (χ0) is 15.5. The molecule has 3 aromatic heterocycles. The summed E-state index contributed by atoms with van der Waals surface area (Å²) in [5.41, 5.74) is 0. The lowest BCUT2D eigenvalue weighted by Gasteiger charge is -2.17. The molecule has 3 rings (SSSR count). The second-order valence-corrected chi connectivity index (χ2v) is 5.27. The fourth-order valence-corrected chi connectivity index (χ4v) is 2.08. The van der Waals surface area contributed by atoms with Gasteiger partial charge in [0.25, 0.3) is 0 Å². The highest BCUT2D eigenvalue weighted by atomic mass is 16.5. The van der Waals surface area contributed by atoms with Crippen LogP contribution in [0.5, 0.6) is 0 Å². The van der Waals surface area contributed by atoms with E-state index in [0.29, 0.717) is 35.7 Å². The number of aromatic nitrogens is 4. The van der Waals surface area contributed by atoms with Gasteiger partial charge in [0.15, 0.2) is 11.6 Å². The highest BCUT2D eigenvalue weighted by molar-refractivity contribution is 5.44. The van der Waals surface area contributed by atoms with E-state index in [9.17, 15) is 0 Å². The van der Waals surface area contributed by atoms with E-state index in [-0.39, 0.29) is 12.0 Å². The fourth-order valence-electron chi connectivity index (χ4n) is 2.08. The van der Waals surface area contributed by atoms with Crippen LogP contribution in [-0.2, 0) is 6.54 Å². The predicted octanol–water partition coefficient (Wildman–Crippen LogP) is 2.51. The van der Waals surface area contributed by atoms with Crippen molar-refractivity contribution in [3.63, 3.8) is 0 Å². The smallest absolute Gasteiger partial charge is 0.244 e. The molecule has 0 aliphatic rings. The van der Waals surface area contributed by atoms with Crippen LogP contribution >= 0.6 is 0 Å². The first-order chi connectivity index (χ1) is 10.6. The molecular weight excluding hydrogens is 286 g/mol. The van der Waals surface area contributed by atoms with Gasteiger partial charge in [-0.1, -0.05) is 24.2 Å². The fraction of sp³-hybridized carbons (Fsp3) is 0.429. The maximum absolute atomic E-state index is 5.24. The van der Waals surface area contributed by atoms with E-state index in [4.69, 9.17) is 13.5 Å². The van der Waals surface area contributed by atoms with Crippen LogP contribution in [0.4, 0.5) is 0 Å². The number of rotatable bonds is 6. The van der Waals surface area contributed by atoms with Crippen LogP contribution in [-0.4, -0.2) is 20.3 Å². The Morgan fingerprint density at radius 3 is 2.68 bits per heavy atom. The Bertz CT molecular complexity index is 717. The molecule has 0 spiro atoms. The number of hydrogen-bond donors (Lipinski definition) is 1. The lowest BCUT2D eigenvalue weighted by Crippen LogP contribution is -2.25. The van der Waals surface area contributed by atoms with E-state index in [2.05, 4.69) is 39.4 Å². The Labute approximate surface area is 126 Å². The molecule has 0 fully saturated rings. The second-order valence-electron chi connectivity index (χ2n) is 5.27. The zero-order valence-corrected chi connectivity index (χ0v) is 12.6. The van der Waals surface area contributed by atoms with E-state index in [1.54, 1.807) is 25.3 Å². The molecular formula is C14H17N5O3. The van der Waals surface area contributed by atoms with Crippen molar-refractivity contribution in [1.29, 1.82) is 0 Å². The van der Waals surface area contributed by atoms with Gasteiger partial charge in [0.2, 0.25) is 17.6 Å². The van der Waals surface area contributed by atoms with E-state index < -0.39 is 0 Å². The average Bonchev–Trinajstić information content (AvgIpc) is 3.19. The van der Waals surface area contributed by atoms with Gasteiger partial charge in [0, 0.05) is 0 Å². The van der Waals surface area contributed by atoms with Gasteiger partial charge in [-0.3, -0.25) is 5.32 Å². The molecule has 0 aliphatic carbocycles. The molecule has 0 saturated heterocycles. The van der Waals surface area contributed by atoms with Crippen molar-refractivity contribution >= 4 is 0 Å². The monoisotopic (exact) mass is 303 g/mol. The maximum atomic E-state index is 5.24. The van der Waals surface area contributed by atoms with Crippen LogP contribution in [0.3, 0.4) is 0 Å². The van der Waals surface area contributed by atoms with Crippen LogP contribution < -0.4 is 5.32 Å². The first-order valence-corrected chi connectivity index (χ1v) is 7.03. The molecule has 116 valence electrons. The van der Waals surface area contributed by atoms with E-state index in [0.717, 1.165) is 0 Å². The van der Waals surface area contributed by atoms with Gasteiger partial charge in [-0.25, -0.2) is 0 Å². The van der Waals surface area contributed by atoms with Crippen molar-refractivity contribution in [2.24, 2.45) is 5.92 Å². The molecule has 0 bridgehead atoms. The highest BCUT2D eigenvalue weighted by Gasteiger charge is 2.22. The Morgan fingerprint density at radius 1 is 1.18 bits per heavy atom. The third-order valence-electron chi connectivity index (χ3n) is 3.16. The summed E-state index contributed by atoms with van der Waals surface area (Å²) in [5.74, 6) is 2.90. The summed E-state index contributed by atoms with van der Waals surface area (Å²) in [7, 11) is 0. The Morgan fingerprint density at radius 2 is 2.05 bits per heavy atom. The van der Waals surface area contributed by atoms with Crippen molar-refractivity contribution in [3.05, 3.63) is 36.0 Å². The largest absolute Gasteiger partial charge is 0.461 e. The predicted molar refractivity (Wildman–Crippen MR) is 75.5 cm³/mol. The van der Waals surface area contributed by atoms with E-state index in [1.807, 2.05) is 0 Å². The summed E-state index contributed by atoms with van der Waals surface area (Å²) in [4.78, 5) is 8.55. The molecule has 1 atom stereocenters. The maximum Gasteiger partial charge on any atom is 0.244 e. The van der Waals surface area contributed by atoms with Gasteiger partial charge in [-0.2, -0.15) is 9.97 Å². The molecule has 8 heteroatoms. The minimum absolute atomic E-state index is 0.0832. The van der Waals surface area contributed by atoms with Gasteiger partial charge in [-0.15, -0.1) is 0 Å². The summed E-state index contributed by atoms with van der Waals surface area (Å²) in [6.07, 6.45) is 1.57. The Hall–Kier alpha value is -2.48. The van der Waals surface area contributed by atoms with Crippen LogP contribution in [0.1, 0.15) is 37.5 Å². The number of furan rings is 1.